The molecule has 3 aromatic rings. The van der Waals surface area contributed by atoms with Gasteiger partial charge in [-0.05, 0) is 48.4 Å². The zero-order valence-electron chi connectivity index (χ0n) is 12.7. The van der Waals surface area contributed by atoms with Crippen molar-refractivity contribution in [2.24, 2.45) is 0 Å². The molecule has 1 aromatic heterocycles. The second kappa shape index (κ2) is 5.68. The summed E-state index contributed by atoms with van der Waals surface area (Å²) in [5.74, 6) is 0. The standard InChI is InChI=1S/C18H17NO3S/c1-13(14(2)20)15-8-9-18-16(12-15)10-11-19(18)23(21,22)17-6-4-3-5-7-17/h3-12,14,20H,1H2,2H3. The number of nitrogens with zero attached hydrogens (tertiary/aromatic N) is 1. The molecule has 1 atom stereocenters. The van der Waals surface area contributed by atoms with E-state index in [1.165, 1.54) is 3.97 Å². The van der Waals surface area contributed by atoms with Gasteiger partial charge in [-0.2, -0.15) is 0 Å². The molecule has 0 aliphatic rings. The minimum absolute atomic E-state index is 0.245. The van der Waals surface area contributed by atoms with E-state index in [2.05, 4.69) is 6.58 Å². The van der Waals surface area contributed by atoms with E-state index in [1.54, 1.807) is 61.7 Å². The molecule has 0 amide bonds. The first-order chi connectivity index (χ1) is 10.9. The van der Waals surface area contributed by atoms with Crippen LogP contribution in [0.5, 0.6) is 0 Å². The zero-order valence-corrected chi connectivity index (χ0v) is 13.5. The Bertz CT molecular complexity index is 970. The fraction of sp³-hybridized carbons (Fsp3) is 0.111. The number of aliphatic hydroxyl groups is 1. The lowest BCUT2D eigenvalue weighted by Crippen LogP contribution is -2.11. The second-order valence-electron chi connectivity index (χ2n) is 5.40. The Hall–Kier alpha value is -2.37. The average Bonchev–Trinajstić information content (AvgIpc) is 2.98. The van der Waals surface area contributed by atoms with Gasteiger partial charge in [-0.15, -0.1) is 0 Å². The first-order valence-corrected chi connectivity index (χ1v) is 8.64. The number of aromatic nitrogens is 1. The van der Waals surface area contributed by atoms with Crippen LogP contribution in [0.25, 0.3) is 16.5 Å². The molecule has 0 aliphatic carbocycles. The van der Waals surface area contributed by atoms with E-state index >= 15 is 0 Å². The summed E-state index contributed by atoms with van der Waals surface area (Å²) in [4.78, 5) is 0.245. The van der Waals surface area contributed by atoms with Crippen molar-refractivity contribution in [2.45, 2.75) is 17.9 Å². The molecule has 0 spiro atoms. The molecule has 0 bridgehead atoms. The highest BCUT2D eigenvalue weighted by Gasteiger charge is 2.18. The van der Waals surface area contributed by atoms with E-state index in [4.69, 9.17) is 0 Å². The molecule has 5 heteroatoms. The first kappa shape index (κ1) is 15.5. The van der Waals surface area contributed by atoms with Gasteiger partial charge in [-0.1, -0.05) is 30.8 Å². The molecule has 4 nitrogen and oxygen atoms in total. The van der Waals surface area contributed by atoms with E-state index in [0.29, 0.717) is 11.1 Å². The number of aliphatic hydroxyl groups excluding tert-OH is 1. The predicted molar refractivity (Wildman–Crippen MR) is 91.7 cm³/mol. The van der Waals surface area contributed by atoms with Gasteiger partial charge in [0.2, 0.25) is 0 Å². The number of rotatable bonds is 4. The number of benzene rings is 2. The van der Waals surface area contributed by atoms with Crippen molar-refractivity contribution in [1.29, 1.82) is 0 Å². The molecule has 1 heterocycles. The van der Waals surface area contributed by atoms with Crippen molar-refractivity contribution >= 4 is 26.5 Å². The Labute approximate surface area is 135 Å². The highest BCUT2D eigenvalue weighted by molar-refractivity contribution is 7.90. The molecule has 0 radical (unpaired) electrons. The lowest BCUT2D eigenvalue weighted by molar-refractivity contribution is 0.253. The highest BCUT2D eigenvalue weighted by Crippen LogP contribution is 2.26. The van der Waals surface area contributed by atoms with Crippen LogP contribution in [0.3, 0.4) is 0 Å². The van der Waals surface area contributed by atoms with Crippen LogP contribution in [0.1, 0.15) is 12.5 Å². The molecule has 23 heavy (non-hydrogen) atoms. The Balaban J connectivity index is 2.13. The summed E-state index contributed by atoms with van der Waals surface area (Å²) in [7, 11) is -3.63. The van der Waals surface area contributed by atoms with E-state index in [-0.39, 0.29) is 4.90 Å². The smallest absolute Gasteiger partial charge is 0.268 e. The number of hydrogen-bond acceptors (Lipinski definition) is 3. The van der Waals surface area contributed by atoms with E-state index in [1.807, 2.05) is 6.07 Å². The summed E-state index contributed by atoms with van der Waals surface area (Å²) < 4.78 is 26.8. The molecular formula is C18H17NO3S. The normalized spacial score (nSPS) is 13.1. The molecule has 0 saturated heterocycles. The summed E-state index contributed by atoms with van der Waals surface area (Å²) in [6, 6.07) is 15.4. The topological polar surface area (TPSA) is 59.3 Å². The average molecular weight is 327 g/mol. The predicted octanol–water partition coefficient (Wildman–Crippen LogP) is 3.27. The van der Waals surface area contributed by atoms with Gasteiger partial charge in [-0.25, -0.2) is 12.4 Å². The van der Waals surface area contributed by atoms with Gasteiger partial charge >= 0.3 is 0 Å². The second-order valence-corrected chi connectivity index (χ2v) is 7.22. The summed E-state index contributed by atoms with van der Waals surface area (Å²) in [5.41, 5.74) is 1.99. The number of hydrogen-bond donors (Lipinski definition) is 1. The van der Waals surface area contributed by atoms with Crippen LogP contribution < -0.4 is 0 Å². The van der Waals surface area contributed by atoms with Crippen LogP contribution in [0, 0.1) is 0 Å². The third-order valence-electron chi connectivity index (χ3n) is 3.83. The van der Waals surface area contributed by atoms with Crippen molar-refractivity contribution in [3.05, 3.63) is 72.9 Å². The van der Waals surface area contributed by atoms with Crippen molar-refractivity contribution in [2.75, 3.05) is 0 Å². The molecular weight excluding hydrogens is 310 g/mol. The van der Waals surface area contributed by atoms with Crippen molar-refractivity contribution in [3.8, 4) is 0 Å². The van der Waals surface area contributed by atoms with Gasteiger partial charge in [-0.3, -0.25) is 0 Å². The van der Waals surface area contributed by atoms with Crippen LogP contribution in [-0.2, 0) is 10.0 Å². The lowest BCUT2D eigenvalue weighted by Gasteiger charge is -2.10. The van der Waals surface area contributed by atoms with Gasteiger partial charge in [0.05, 0.1) is 16.5 Å². The highest BCUT2D eigenvalue weighted by atomic mass is 32.2. The molecule has 3 rings (SSSR count). The quantitative estimate of drug-likeness (QED) is 0.800. The fourth-order valence-electron chi connectivity index (χ4n) is 2.47. The fourth-order valence-corrected chi connectivity index (χ4v) is 3.85. The summed E-state index contributed by atoms with van der Waals surface area (Å²) in [6.45, 7) is 5.51. The third kappa shape index (κ3) is 2.69. The first-order valence-electron chi connectivity index (χ1n) is 7.20. The summed E-state index contributed by atoms with van der Waals surface area (Å²) in [6.07, 6.45) is 0.893. The third-order valence-corrected chi connectivity index (χ3v) is 5.53. The minimum atomic E-state index is -3.63. The van der Waals surface area contributed by atoms with Gasteiger partial charge in [0.1, 0.15) is 0 Å². The molecule has 2 aromatic carbocycles. The maximum atomic E-state index is 12.7. The van der Waals surface area contributed by atoms with Gasteiger partial charge in [0.25, 0.3) is 10.0 Å². The molecule has 1 unspecified atom stereocenters. The zero-order chi connectivity index (χ0) is 16.6. The van der Waals surface area contributed by atoms with Crippen LogP contribution in [-0.4, -0.2) is 23.6 Å². The maximum Gasteiger partial charge on any atom is 0.268 e. The minimum Gasteiger partial charge on any atom is -0.389 e. The molecule has 118 valence electrons. The SMILES string of the molecule is C=C(c1ccc2c(ccn2S(=O)(=O)c2ccccc2)c1)C(C)O. The van der Waals surface area contributed by atoms with Crippen molar-refractivity contribution < 1.29 is 13.5 Å². The van der Waals surface area contributed by atoms with Gasteiger partial charge in [0.15, 0.2) is 0 Å². The van der Waals surface area contributed by atoms with E-state index < -0.39 is 16.1 Å². The molecule has 1 N–H and O–H groups in total. The Morgan fingerprint density at radius 1 is 1.13 bits per heavy atom. The monoisotopic (exact) mass is 327 g/mol. The van der Waals surface area contributed by atoms with E-state index in [9.17, 15) is 13.5 Å². The van der Waals surface area contributed by atoms with Crippen LogP contribution in [0.4, 0.5) is 0 Å². The Morgan fingerprint density at radius 2 is 1.83 bits per heavy atom. The van der Waals surface area contributed by atoms with Crippen molar-refractivity contribution in [1.82, 2.24) is 3.97 Å². The van der Waals surface area contributed by atoms with E-state index in [0.717, 1.165) is 10.9 Å². The maximum absolute atomic E-state index is 12.7. The molecule has 0 aliphatic heterocycles. The Kier molecular flexibility index (Phi) is 3.83. The van der Waals surface area contributed by atoms with Crippen LogP contribution >= 0.6 is 0 Å². The Morgan fingerprint density at radius 3 is 2.48 bits per heavy atom. The van der Waals surface area contributed by atoms with Crippen molar-refractivity contribution in [3.63, 3.8) is 0 Å². The van der Waals surface area contributed by atoms with Crippen LogP contribution in [0.2, 0.25) is 0 Å². The lowest BCUT2D eigenvalue weighted by atomic mass is 10.0. The summed E-state index contributed by atoms with van der Waals surface area (Å²) >= 11 is 0. The largest absolute Gasteiger partial charge is 0.389 e. The van der Waals surface area contributed by atoms with Crippen LogP contribution in [0.15, 0.2) is 72.3 Å². The van der Waals surface area contributed by atoms with Gasteiger partial charge in [0, 0.05) is 11.6 Å². The molecule has 0 saturated carbocycles. The molecule has 0 fully saturated rings. The summed E-state index contributed by atoms with van der Waals surface area (Å²) in [5, 5.41) is 10.4. The van der Waals surface area contributed by atoms with Gasteiger partial charge < -0.3 is 5.11 Å². The number of fused-ring (bicyclic) bond motifs is 1.